The number of nitrogen functional groups attached to an aromatic ring is 2. The van der Waals surface area contributed by atoms with Gasteiger partial charge < -0.3 is 20.9 Å². The Morgan fingerprint density at radius 3 is 1.09 bits per heavy atom. The fourth-order valence-corrected chi connectivity index (χ4v) is 3.00. The molecule has 4 aromatic rings. The minimum absolute atomic E-state index is 0.424. The third-order valence-electron chi connectivity index (χ3n) is 4.76. The Hall–Kier alpha value is -4.58. The third kappa shape index (κ3) is 4.94. The predicted molar refractivity (Wildman–Crippen MR) is 124 cm³/mol. The number of nitrogens with two attached hydrogens (primary N) is 2. The summed E-state index contributed by atoms with van der Waals surface area (Å²) in [6.45, 7) is 0. The second kappa shape index (κ2) is 9.06. The first-order valence-corrected chi connectivity index (χ1v) is 9.84. The number of carbonyl (C=O) groups excluding carboxylic acids is 2. The summed E-state index contributed by atoms with van der Waals surface area (Å²) in [4.78, 5) is 24.4. The number of hydrogen-bond donors (Lipinski definition) is 2. The van der Waals surface area contributed by atoms with Crippen LogP contribution in [0.3, 0.4) is 0 Å². The van der Waals surface area contributed by atoms with Crippen LogP contribution in [-0.2, 0) is 0 Å². The van der Waals surface area contributed by atoms with Gasteiger partial charge in [-0.1, -0.05) is 24.3 Å². The molecule has 0 amide bonds. The van der Waals surface area contributed by atoms with E-state index in [0.717, 1.165) is 11.1 Å². The van der Waals surface area contributed by atoms with Gasteiger partial charge in [-0.25, -0.2) is 9.59 Å². The van der Waals surface area contributed by atoms with Gasteiger partial charge in [0.25, 0.3) is 0 Å². The average Bonchev–Trinajstić information content (AvgIpc) is 2.81. The molecule has 0 aromatic heterocycles. The smallest absolute Gasteiger partial charge is 0.343 e. The number of esters is 2. The maximum Gasteiger partial charge on any atom is 0.343 e. The van der Waals surface area contributed by atoms with Crippen molar-refractivity contribution < 1.29 is 19.1 Å². The zero-order valence-corrected chi connectivity index (χ0v) is 17.0. The van der Waals surface area contributed by atoms with Crippen LogP contribution in [0.15, 0.2) is 97.1 Å². The normalized spacial score (nSPS) is 10.4. The number of hydrogen-bond acceptors (Lipinski definition) is 6. The van der Waals surface area contributed by atoms with Gasteiger partial charge in [0.15, 0.2) is 0 Å². The SMILES string of the molecule is Nc1ccc(C(=O)Oc2ccc(-c3ccc(OC(=O)c4ccc(N)cc4)cc3)cc2)cc1. The average molecular weight is 424 g/mol. The number of carbonyl (C=O) groups is 2. The van der Waals surface area contributed by atoms with E-state index in [-0.39, 0.29) is 0 Å². The third-order valence-corrected chi connectivity index (χ3v) is 4.76. The summed E-state index contributed by atoms with van der Waals surface area (Å²) < 4.78 is 10.8. The molecule has 0 spiro atoms. The fourth-order valence-electron chi connectivity index (χ4n) is 3.00. The van der Waals surface area contributed by atoms with Crippen LogP contribution in [0.1, 0.15) is 20.7 Å². The summed E-state index contributed by atoms with van der Waals surface area (Å²) in [5.41, 5.74) is 15.1. The van der Waals surface area contributed by atoms with Gasteiger partial charge in [-0.15, -0.1) is 0 Å². The van der Waals surface area contributed by atoms with E-state index in [1.54, 1.807) is 72.8 Å². The Morgan fingerprint density at radius 2 is 0.781 bits per heavy atom. The zero-order chi connectivity index (χ0) is 22.5. The van der Waals surface area contributed by atoms with Crippen molar-refractivity contribution >= 4 is 23.3 Å². The summed E-state index contributed by atoms with van der Waals surface area (Å²) in [6.07, 6.45) is 0. The molecule has 0 aliphatic carbocycles. The van der Waals surface area contributed by atoms with E-state index in [1.165, 1.54) is 0 Å². The van der Waals surface area contributed by atoms with Gasteiger partial charge >= 0.3 is 11.9 Å². The topological polar surface area (TPSA) is 105 Å². The van der Waals surface area contributed by atoms with Gasteiger partial charge in [-0.05, 0) is 83.9 Å². The lowest BCUT2D eigenvalue weighted by atomic mass is 10.1. The van der Waals surface area contributed by atoms with E-state index in [0.29, 0.717) is 34.0 Å². The van der Waals surface area contributed by atoms with Crippen LogP contribution in [-0.4, -0.2) is 11.9 Å². The molecule has 0 heterocycles. The second-order valence-electron chi connectivity index (χ2n) is 7.07. The van der Waals surface area contributed by atoms with Crippen molar-refractivity contribution in [2.24, 2.45) is 0 Å². The summed E-state index contributed by atoms with van der Waals surface area (Å²) in [6, 6.07) is 27.4. The summed E-state index contributed by atoms with van der Waals surface area (Å²) in [5, 5.41) is 0. The molecule has 4 N–H and O–H groups in total. The molecule has 0 radical (unpaired) electrons. The minimum Gasteiger partial charge on any atom is -0.423 e. The monoisotopic (exact) mass is 424 g/mol. The van der Waals surface area contributed by atoms with Crippen LogP contribution in [0.5, 0.6) is 11.5 Å². The highest BCUT2D eigenvalue weighted by Crippen LogP contribution is 2.25. The lowest BCUT2D eigenvalue weighted by molar-refractivity contribution is 0.0725. The molecular formula is C26H20N2O4. The molecule has 158 valence electrons. The van der Waals surface area contributed by atoms with Crippen LogP contribution in [0.4, 0.5) is 11.4 Å². The van der Waals surface area contributed by atoms with E-state index in [2.05, 4.69) is 0 Å². The molecule has 6 heteroatoms. The molecule has 0 saturated heterocycles. The van der Waals surface area contributed by atoms with E-state index in [4.69, 9.17) is 20.9 Å². The molecule has 0 atom stereocenters. The van der Waals surface area contributed by atoms with E-state index in [1.807, 2.05) is 24.3 Å². The molecule has 6 nitrogen and oxygen atoms in total. The lowest BCUT2D eigenvalue weighted by Crippen LogP contribution is -2.08. The van der Waals surface area contributed by atoms with Gasteiger partial charge in [-0.2, -0.15) is 0 Å². The maximum absolute atomic E-state index is 12.2. The van der Waals surface area contributed by atoms with Crippen molar-refractivity contribution in [2.75, 3.05) is 11.5 Å². The Balaban J connectivity index is 1.39. The molecule has 4 rings (SSSR count). The van der Waals surface area contributed by atoms with Crippen LogP contribution in [0.25, 0.3) is 11.1 Å². The van der Waals surface area contributed by atoms with Crippen molar-refractivity contribution in [2.45, 2.75) is 0 Å². The first-order valence-electron chi connectivity index (χ1n) is 9.84. The molecule has 0 aliphatic rings. The van der Waals surface area contributed by atoms with E-state index >= 15 is 0 Å². The molecule has 0 bridgehead atoms. The highest BCUT2D eigenvalue weighted by Gasteiger charge is 2.10. The van der Waals surface area contributed by atoms with Crippen LogP contribution < -0.4 is 20.9 Å². The Labute approximate surface area is 185 Å². The Kier molecular flexibility index (Phi) is 5.85. The first kappa shape index (κ1) is 20.7. The molecule has 0 unspecified atom stereocenters. The molecule has 0 saturated carbocycles. The second-order valence-corrected chi connectivity index (χ2v) is 7.07. The van der Waals surface area contributed by atoms with Crippen molar-refractivity contribution in [3.63, 3.8) is 0 Å². The molecule has 4 aromatic carbocycles. The molecule has 32 heavy (non-hydrogen) atoms. The minimum atomic E-state index is -0.454. The predicted octanol–water partition coefficient (Wildman–Crippen LogP) is 4.96. The molecule has 0 fully saturated rings. The zero-order valence-electron chi connectivity index (χ0n) is 17.0. The van der Waals surface area contributed by atoms with Crippen molar-refractivity contribution in [3.8, 4) is 22.6 Å². The number of ether oxygens (including phenoxy) is 2. The Bertz CT molecular complexity index is 1130. The van der Waals surface area contributed by atoms with E-state index < -0.39 is 11.9 Å². The first-order chi connectivity index (χ1) is 15.5. The van der Waals surface area contributed by atoms with Crippen LogP contribution in [0, 0.1) is 0 Å². The maximum atomic E-state index is 12.2. The van der Waals surface area contributed by atoms with Gasteiger partial charge in [-0.3, -0.25) is 0 Å². The Morgan fingerprint density at radius 1 is 0.469 bits per heavy atom. The highest BCUT2D eigenvalue weighted by atomic mass is 16.5. The number of anilines is 2. The molecular weight excluding hydrogens is 404 g/mol. The van der Waals surface area contributed by atoms with Crippen molar-refractivity contribution in [1.82, 2.24) is 0 Å². The number of benzene rings is 4. The van der Waals surface area contributed by atoms with Crippen molar-refractivity contribution in [3.05, 3.63) is 108 Å². The standard InChI is InChI=1S/C26H20N2O4/c27-21-9-1-19(2-10-21)25(29)31-23-13-5-17(6-14-23)18-7-15-24(16-8-18)32-26(30)20-3-11-22(28)12-4-20/h1-16H,27-28H2. The summed E-state index contributed by atoms with van der Waals surface area (Å²) in [7, 11) is 0. The largest absolute Gasteiger partial charge is 0.423 e. The molecule has 0 aliphatic heterocycles. The van der Waals surface area contributed by atoms with Crippen LogP contribution in [0.2, 0.25) is 0 Å². The van der Waals surface area contributed by atoms with Gasteiger partial charge in [0, 0.05) is 11.4 Å². The van der Waals surface area contributed by atoms with Crippen molar-refractivity contribution in [1.29, 1.82) is 0 Å². The van der Waals surface area contributed by atoms with Gasteiger partial charge in [0.2, 0.25) is 0 Å². The highest BCUT2D eigenvalue weighted by molar-refractivity contribution is 5.92. The fraction of sp³-hybridized carbons (Fsp3) is 0. The lowest BCUT2D eigenvalue weighted by Gasteiger charge is -2.08. The summed E-state index contributed by atoms with van der Waals surface area (Å²) in [5.74, 6) is -0.0377. The quantitative estimate of drug-likeness (QED) is 0.267. The van der Waals surface area contributed by atoms with Gasteiger partial charge in [0.05, 0.1) is 11.1 Å². The van der Waals surface area contributed by atoms with Crippen LogP contribution >= 0.6 is 0 Å². The number of rotatable bonds is 5. The summed E-state index contributed by atoms with van der Waals surface area (Å²) >= 11 is 0. The van der Waals surface area contributed by atoms with E-state index in [9.17, 15) is 9.59 Å². The van der Waals surface area contributed by atoms with Gasteiger partial charge in [0.1, 0.15) is 11.5 Å².